The van der Waals surface area contributed by atoms with Gasteiger partial charge in [0.1, 0.15) is 11.5 Å². The maximum atomic E-state index is 15.6. The number of aliphatic hydroxyl groups excluding tert-OH is 1. The zero-order chi connectivity index (χ0) is 21.5. The van der Waals surface area contributed by atoms with Crippen molar-refractivity contribution in [1.82, 2.24) is 9.55 Å². The van der Waals surface area contributed by atoms with Crippen LogP contribution in [0.15, 0.2) is 9.59 Å². The monoisotopic (exact) mass is 425 g/mol. The van der Waals surface area contributed by atoms with Gasteiger partial charge in [0.15, 0.2) is 11.6 Å². The van der Waals surface area contributed by atoms with Gasteiger partial charge in [-0.25, -0.2) is 18.0 Å². The Morgan fingerprint density at radius 1 is 1.23 bits per heavy atom. The third kappa shape index (κ3) is 2.55. The Bertz CT molecular complexity index is 1170. The molecule has 2 aliphatic carbocycles. The smallest absolute Gasteiger partial charge is 0.329 e. The van der Waals surface area contributed by atoms with Crippen molar-refractivity contribution >= 4 is 16.6 Å². The maximum Gasteiger partial charge on any atom is 0.329 e. The first kappa shape index (κ1) is 19.5. The van der Waals surface area contributed by atoms with E-state index in [2.05, 4.69) is 4.98 Å². The molecule has 0 spiro atoms. The number of anilines is 1. The molecule has 0 amide bonds. The van der Waals surface area contributed by atoms with Gasteiger partial charge in [-0.05, 0) is 25.7 Å². The summed E-state index contributed by atoms with van der Waals surface area (Å²) in [6.07, 6.45) is -0.687. The zero-order valence-corrected chi connectivity index (χ0v) is 16.5. The van der Waals surface area contributed by atoms with Gasteiger partial charge in [-0.15, -0.1) is 0 Å². The van der Waals surface area contributed by atoms with Crippen molar-refractivity contribution in [1.29, 1.82) is 0 Å². The molecule has 162 valence electrons. The summed E-state index contributed by atoms with van der Waals surface area (Å²) in [4.78, 5) is 28.9. The summed E-state index contributed by atoms with van der Waals surface area (Å²) in [5.41, 5.74) is -0.470. The maximum absolute atomic E-state index is 15.6. The second-order valence-electron chi connectivity index (χ2n) is 8.64. The van der Waals surface area contributed by atoms with Crippen LogP contribution in [0.1, 0.15) is 30.9 Å². The number of aryl methyl sites for hydroxylation is 1. The van der Waals surface area contributed by atoms with Crippen molar-refractivity contribution in [3.8, 4) is 5.75 Å². The number of aromatic nitrogens is 2. The number of aromatic amines is 1. The van der Waals surface area contributed by atoms with Crippen molar-refractivity contribution < 1.29 is 23.0 Å². The molecular formula is C20H22F3N3O4. The lowest BCUT2D eigenvalue weighted by Gasteiger charge is -2.27. The number of nitrogens with one attached hydrogen (secondary N) is 1. The van der Waals surface area contributed by atoms with Crippen molar-refractivity contribution in [3.63, 3.8) is 0 Å². The molecule has 2 heterocycles. The van der Waals surface area contributed by atoms with E-state index in [1.54, 1.807) is 11.8 Å². The summed E-state index contributed by atoms with van der Waals surface area (Å²) in [6, 6.07) is -0.0861. The minimum absolute atomic E-state index is 0.0336. The number of aliphatic hydroxyl groups is 1. The molecule has 1 saturated heterocycles. The second kappa shape index (κ2) is 6.26. The number of methoxy groups -OCH3 is 1. The van der Waals surface area contributed by atoms with E-state index >= 15 is 4.39 Å². The predicted octanol–water partition coefficient (Wildman–Crippen LogP) is 1.93. The topological polar surface area (TPSA) is 87.6 Å². The summed E-state index contributed by atoms with van der Waals surface area (Å²) in [7, 11) is 1.24. The molecule has 2 saturated carbocycles. The Kier molecular flexibility index (Phi) is 4.06. The van der Waals surface area contributed by atoms with E-state index < -0.39 is 47.3 Å². The van der Waals surface area contributed by atoms with E-state index in [0.29, 0.717) is 11.1 Å². The van der Waals surface area contributed by atoms with Gasteiger partial charge in [-0.3, -0.25) is 14.3 Å². The van der Waals surface area contributed by atoms with Gasteiger partial charge in [-0.2, -0.15) is 0 Å². The Balaban J connectivity index is 1.72. The molecule has 10 heteroatoms. The molecular weight excluding hydrogens is 403 g/mol. The second-order valence-corrected chi connectivity index (χ2v) is 8.64. The highest BCUT2D eigenvalue weighted by Crippen LogP contribution is 2.50. The minimum Gasteiger partial charge on any atom is -0.493 e. The summed E-state index contributed by atoms with van der Waals surface area (Å²) in [6.45, 7) is 1.84. The lowest BCUT2D eigenvalue weighted by molar-refractivity contribution is -0.0973. The molecule has 1 aromatic heterocycles. The molecule has 0 radical (unpaired) electrons. The van der Waals surface area contributed by atoms with Crippen molar-refractivity contribution in [3.05, 3.63) is 32.2 Å². The van der Waals surface area contributed by atoms with Crippen LogP contribution < -0.4 is 20.9 Å². The summed E-state index contributed by atoms with van der Waals surface area (Å²) in [5.74, 6) is -5.33. The molecule has 30 heavy (non-hydrogen) atoms. The number of hydrogen-bond donors (Lipinski definition) is 2. The number of halogens is 3. The largest absolute Gasteiger partial charge is 0.493 e. The summed E-state index contributed by atoms with van der Waals surface area (Å²) >= 11 is 0. The minimum atomic E-state index is -3.14. The molecule has 3 unspecified atom stereocenters. The lowest BCUT2D eigenvalue weighted by Crippen LogP contribution is -2.36. The Labute approximate surface area is 169 Å². The first-order chi connectivity index (χ1) is 14.2. The van der Waals surface area contributed by atoms with Crippen LogP contribution in [0.3, 0.4) is 0 Å². The number of rotatable bonds is 3. The Morgan fingerprint density at radius 3 is 2.53 bits per heavy atom. The van der Waals surface area contributed by atoms with E-state index in [9.17, 15) is 23.5 Å². The molecule has 3 atom stereocenters. The van der Waals surface area contributed by atoms with Gasteiger partial charge in [0, 0.05) is 37.0 Å². The van der Waals surface area contributed by atoms with Gasteiger partial charge < -0.3 is 14.7 Å². The third-order valence-electron chi connectivity index (χ3n) is 6.79. The van der Waals surface area contributed by atoms with Crippen LogP contribution in [0.4, 0.5) is 18.9 Å². The number of ether oxygens (including phenoxy) is 1. The van der Waals surface area contributed by atoms with E-state index in [1.807, 2.05) is 0 Å². The molecule has 3 aliphatic rings. The van der Waals surface area contributed by atoms with E-state index in [0.717, 1.165) is 12.8 Å². The molecule has 1 aliphatic heterocycles. The van der Waals surface area contributed by atoms with Gasteiger partial charge in [0.2, 0.25) is 0 Å². The Morgan fingerprint density at radius 2 is 1.93 bits per heavy atom. The average molecular weight is 425 g/mol. The van der Waals surface area contributed by atoms with Crippen LogP contribution in [-0.4, -0.2) is 46.9 Å². The first-order valence-corrected chi connectivity index (χ1v) is 10.0. The number of benzene rings is 1. The van der Waals surface area contributed by atoms with E-state index in [4.69, 9.17) is 4.74 Å². The summed E-state index contributed by atoms with van der Waals surface area (Å²) < 4.78 is 50.0. The van der Waals surface area contributed by atoms with Crippen LogP contribution in [0.2, 0.25) is 0 Å². The highest BCUT2D eigenvalue weighted by molar-refractivity contribution is 5.93. The number of hydrogen-bond acceptors (Lipinski definition) is 5. The number of nitrogens with zero attached hydrogens (tertiary/aromatic N) is 2. The van der Waals surface area contributed by atoms with Gasteiger partial charge in [0.25, 0.3) is 11.5 Å². The van der Waals surface area contributed by atoms with Crippen LogP contribution in [0.25, 0.3) is 10.9 Å². The van der Waals surface area contributed by atoms with Gasteiger partial charge >= 0.3 is 5.69 Å². The first-order valence-electron chi connectivity index (χ1n) is 10.0. The predicted molar refractivity (Wildman–Crippen MR) is 103 cm³/mol. The fraction of sp³-hybridized carbons (Fsp3) is 0.600. The molecule has 2 aromatic rings. The number of H-pyrrole nitrogens is 1. The quantitative estimate of drug-likeness (QED) is 0.785. The fourth-order valence-corrected chi connectivity index (χ4v) is 5.31. The zero-order valence-electron chi connectivity index (χ0n) is 16.5. The van der Waals surface area contributed by atoms with Crippen LogP contribution in [0, 0.1) is 24.6 Å². The molecule has 3 fully saturated rings. The molecule has 2 N–H and O–H groups in total. The highest BCUT2D eigenvalue weighted by atomic mass is 19.3. The molecule has 7 nitrogen and oxygen atoms in total. The van der Waals surface area contributed by atoms with Crippen LogP contribution >= 0.6 is 0 Å². The standard InChI is InChI=1S/C20H22F3N3O4/c1-8-14-12(18(28)24-19(29)26(14)10-3-4-10)16(30-2)13(21)15(8)25-6-9-5-20(22,23)17(27)11(9)7-25/h9-11,17,27H,3-7H2,1-2H3,(H,24,28,29). The molecule has 0 bridgehead atoms. The van der Waals surface area contributed by atoms with Crippen molar-refractivity contribution in [2.75, 3.05) is 25.1 Å². The number of alkyl halides is 2. The van der Waals surface area contributed by atoms with Crippen LogP contribution in [-0.2, 0) is 0 Å². The van der Waals surface area contributed by atoms with Crippen molar-refractivity contribution in [2.45, 2.75) is 44.3 Å². The summed E-state index contributed by atoms with van der Waals surface area (Å²) in [5, 5.41) is 9.98. The van der Waals surface area contributed by atoms with Gasteiger partial charge in [0.05, 0.1) is 18.3 Å². The number of fused-ring (bicyclic) bond motifs is 2. The lowest BCUT2D eigenvalue weighted by atomic mass is 9.99. The highest BCUT2D eigenvalue weighted by Gasteiger charge is 2.58. The average Bonchev–Trinajstić information content (AvgIpc) is 3.38. The SMILES string of the molecule is COc1c(F)c(N2CC3CC(F)(F)C(O)C3C2)c(C)c2c1c(=O)[nH]c(=O)n2C1CC1. The fourth-order valence-electron chi connectivity index (χ4n) is 5.31. The van der Waals surface area contributed by atoms with E-state index in [-0.39, 0.29) is 36.0 Å². The Hall–Kier alpha value is -2.49. The van der Waals surface area contributed by atoms with Crippen molar-refractivity contribution in [2.24, 2.45) is 11.8 Å². The third-order valence-corrected chi connectivity index (χ3v) is 6.79. The normalized spacial score (nSPS) is 27.7. The van der Waals surface area contributed by atoms with Gasteiger partial charge in [-0.1, -0.05) is 0 Å². The molecule has 5 rings (SSSR count). The van der Waals surface area contributed by atoms with Crippen LogP contribution in [0.5, 0.6) is 5.75 Å². The molecule has 1 aromatic carbocycles. The van der Waals surface area contributed by atoms with E-state index in [1.165, 1.54) is 11.7 Å².